The summed E-state index contributed by atoms with van der Waals surface area (Å²) >= 11 is 0. The smallest absolute Gasteiger partial charge is 0.0998 e. The summed E-state index contributed by atoms with van der Waals surface area (Å²) in [6.07, 6.45) is 2.61. The van der Waals surface area contributed by atoms with Crippen LogP contribution >= 0.6 is 0 Å². The average molecular weight is 280 g/mol. The van der Waals surface area contributed by atoms with E-state index in [2.05, 4.69) is 30.0 Å². The van der Waals surface area contributed by atoms with Crippen LogP contribution in [0.4, 0.5) is 5.69 Å². The van der Waals surface area contributed by atoms with Crippen molar-refractivity contribution < 1.29 is 4.74 Å². The number of ether oxygens (including phenoxy) is 1. The minimum atomic E-state index is 0.318. The SMILES string of the molecule is CCOC1CCCN(c2ccc(C#N)c3ccccc23)C1. The third kappa shape index (κ3) is 2.72. The number of rotatable bonds is 3. The molecule has 1 heterocycles. The molecule has 3 heteroatoms. The van der Waals surface area contributed by atoms with Crippen LogP contribution in [0, 0.1) is 11.3 Å². The largest absolute Gasteiger partial charge is 0.377 e. The Balaban J connectivity index is 1.99. The van der Waals surface area contributed by atoms with Crippen molar-refractivity contribution in [3.8, 4) is 6.07 Å². The molecule has 1 unspecified atom stereocenters. The van der Waals surface area contributed by atoms with Gasteiger partial charge in [-0.3, -0.25) is 0 Å². The third-order valence-corrected chi connectivity index (χ3v) is 4.14. The number of fused-ring (bicyclic) bond motifs is 1. The molecule has 1 saturated heterocycles. The number of nitrogens with zero attached hydrogens (tertiary/aromatic N) is 2. The summed E-state index contributed by atoms with van der Waals surface area (Å²) in [4.78, 5) is 2.40. The maximum absolute atomic E-state index is 9.27. The average Bonchev–Trinajstić information content (AvgIpc) is 2.54. The van der Waals surface area contributed by atoms with Crippen molar-refractivity contribution in [2.75, 3.05) is 24.6 Å². The van der Waals surface area contributed by atoms with E-state index in [1.807, 2.05) is 24.3 Å². The van der Waals surface area contributed by atoms with Crippen molar-refractivity contribution in [1.82, 2.24) is 0 Å². The Morgan fingerprint density at radius 1 is 1.24 bits per heavy atom. The fourth-order valence-electron chi connectivity index (χ4n) is 3.19. The lowest BCUT2D eigenvalue weighted by Gasteiger charge is -2.35. The molecular formula is C18H20N2O. The van der Waals surface area contributed by atoms with Crippen molar-refractivity contribution in [2.24, 2.45) is 0 Å². The molecule has 1 aliphatic heterocycles. The molecule has 1 atom stereocenters. The molecule has 0 N–H and O–H groups in total. The van der Waals surface area contributed by atoms with Gasteiger partial charge in [0.25, 0.3) is 0 Å². The van der Waals surface area contributed by atoms with Crippen molar-refractivity contribution in [1.29, 1.82) is 5.26 Å². The lowest BCUT2D eigenvalue weighted by molar-refractivity contribution is 0.0527. The highest BCUT2D eigenvalue weighted by Gasteiger charge is 2.21. The second-order valence-corrected chi connectivity index (χ2v) is 5.46. The topological polar surface area (TPSA) is 36.3 Å². The van der Waals surface area contributed by atoms with Crippen molar-refractivity contribution in [3.05, 3.63) is 42.0 Å². The molecule has 0 aliphatic carbocycles. The zero-order chi connectivity index (χ0) is 14.7. The number of hydrogen-bond acceptors (Lipinski definition) is 3. The summed E-state index contributed by atoms with van der Waals surface area (Å²) < 4.78 is 5.80. The van der Waals surface area contributed by atoms with Gasteiger partial charge in [0.15, 0.2) is 0 Å². The first kappa shape index (κ1) is 13.9. The summed E-state index contributed by atoms with van der Waals surface area (Å²) in [7, 11) is 0. The van der Waals surface area contributed by atoms with Gasteiger partial charge in [-0.2, -0.15) is 5.26 Å². The summed E-state index contributed by atoms with van der Waals surface area (Å²) in [5.41, 5.74) is 1.96. The molecular weight excluding hydrogens is 260 g/mol. The van der Waals surface area contributed by atoms with E-state index in [9.17, 15) is 5.26 Å². The molecule has 0 saturated carbocycles. The molecule has 2 aromatic carbocycles. The monoisotopic (exact) mass is 280 g/mol. The van der Waals surface area contributed by atoms with Crippen molar-refractivity contribution in [2.45, 2.75) is 25.9 Å². The van der Waals surface area contributed by atoms with Gasteiger partial charge in [0.1, 0.15) is 0 Å². The van der Waals surface area contributed by atoms with Crippen LogP contribution in [0.15, 0.2) is 36.4 Å². The fraction of sp³-hybridized carbons (Fsp3) is 0.389. The van der Waals surface area contributed by atoms with Crippen LogP contribution in [-0.2, 0) is 4.74 Å². The van der Waals surface area contributed by atoms with Gasteiger partial charge in [0.2, 0.25) is 0 Å². The van der Waals surface area contributed by atoms with Crippen molar-refractivity contribution >= 4 is 16.5 Å². The minimum absolute atomic E-state index is 0.318. The lowest BCUT2D eigenvalue weighted by atomic mass is 10.0. The fourth-order valence-corrected chi connectivity index (χ4v) is 3.19. The molecule has 108 valence electrons. The second-order valence-electron chi connectivity index (χ2n) is 5.46. The quantitative estimate of drug-likeness (QED) is 0.859. The van der Waals surface area contributed by atoms with Crippen LogP contribution in [0.3, 0.4) is 0 Å². The van der Waals surface area contributed by atoms with Gasteiger partial charge in [-0.1, -0.05) is 24.3 Å². The maximum Gasteiger partial charge on any atom is 0.0998 e. The van der Waals surface area contributed by atoms with E-state index in [0.717, 1.165) is 48.9 Å². The zero-order valence-corrected chi connectivity index (χ0v) is 12.4. The van der Waals surface area contributed by atoms with Crippen LogP contribution in [-0.4, -0.2) is 25.8 Å². The van der Waals surface area contributed by atoms with Crippen LogP contribution < -0.4 is 4.90 Å². The minimum Gasteiger partial charge on any atom is -0.377 e. The zero-order valence-electron chi connectivity index (χ0n) is 12.4. The Morgan fingerprint density at radius 2 is 2.05 bits per heavy atom. The highest BCUT2D eigenvalue weighted by molar-refractivity contribution is 5.97. The molecule has 0 aromatic heterocycles. The maximum atomic E-state index is 9.27. The van der Waals surface area contributed by atoms with E-state index in [1.165, 1.54) is 5.69 Å². The van der Waals surface area contributed by atoms with Gasteiger partial charge in [-0.15, -0.1) is 0 Å². The Bertz CT molecular complexity index is 672. The predicted molar refractivity (Wildman–Crippen MR) is 85.5 cm³/mol. The highest BCUT2D eigenvalue weighted by Crippen LogP contribution is 2.31. The molecule has 3 nitrogen and oxygen atoms in total. The van der Waals surface area contributed by atoms with Crippen LogP contribution in [0.2, 0.25) is 0 Å². The van der Waals surface area contributed by atoms with Crippen molar-refractivity contribution in [3.63, 3.8) is 0 Å². The van der Waals surface area contributed by atoms with Gasteiger partial charge in [-0.05, 0) is 31.9 Å². The molecule has 0 spiro atoms. The normalized spacial score (nSPS) is 18.7. The number of benzene rings is 2. The van der Waals surface area contributed by atoms with Crippen LogP contribution in [0.5, 0.6) is 0 Å². The number of hydrogen-bond donors (Lipinski definition) is 0. The van der Waals surface area contributed by atoms with Gasteiger partial charge in [0.05, 0.1) is 17.7 Å². The first-order valence-corrected chi connectivity index (χ1v) is 7.62. The molecule has 3 rings (SSSR count). The first-order valence-electron chi connectivity index (χ1n) is 7.62. The predicted octanol–water partition coefficient (Wildman–Crippen LogP) is 3.72. The molecule has 2 aromatic rings. The summed E-state index contributed by atoms with van der Waals surface area (Å²) in [6, 6.07) is 14.5. The first-order chi connectivity index (χ1) is 10.3. The van der Waals surface area contributed by atoms with Gasteiger partial charge < -0.3 is 9.64 Å². The van der Waals surface area contributed by atoms with E-state index >= 15 is 0 Å². The molecule has 1 fully saturated rings. The number of nitriles is 1. The summed E-state index contributed by atoms with van der Waals surface area (Å²) in [5, 5.41) is 11.5. The Morgan fingerprint density at radius 3 is 2.81 bits per heavy atom. The lowest BCUT2D eigenvalue weighted by Crippen LogP contribution is -2.39. The number of anilines is 1. The Kier molecular flexibility index (Phi) is 4.08. The van der Waals surface area contributed by atoms with E-state index in [0.29, 0.717) is 6.10 Å². The second kappa shape index (κ2) is 6.15. The van der Waals surface area contributed by atoms with Gasteiger partial charge >= 0.3 is 0 Å². The number of piperidine rings is 1. The highest BCUT2D eigenvalue weighted by atomic mass is 16.5. The van der Waals surface area contributed by atoms with Gasteiger partial charge in [-0.25, -0.2) is 0 Å². The molecule has 21 heavy (non-hydrogen) atoms. The van der Waals surface area contributed by atoms with Crippen LogP contribution in [0.1, 0.15) is 25.3 Å². The van der Waals surface area contributed by atoms with E-state index in [-0.39, 0.29) is 0 Å². The van der Waals surface area contributed by atoms with E-state index in [4.69, 9.17) is 4.74 Å². The molecule has 0 radical (unpaired) electrons. The summed E-state index contributed by atoms with van der Waals surface area (Å²) in [6.45, 7) is 4.81. The van der Waals surface area contributed by atoms with Crippen LogP contribution in [0.25, 0.3) is 10.8 Å². The molecule has 0 amide bonds. The van der Waals surface area contributed by atoms with E-state index in [1.54, 1.807) is 0 Å². The Labute approximate surface area is 125 Å². The van der Waals surface area contributed by atoms with E-state index < -0.39 is 0 Å². The summed E-state index contributed by atoms with van der Waals surface area (Å²) in [5.74, 6) is 0. The van der Waals surface area contributed by atoms with Gasteiger partial charge in [0, 0.05) is 36.2 Å². The molecule has 0 bridgehead atoms. The third-order valence-electron chi connectivity index (χ3n) is 4.14. The molecule has 1 aliphatic rings. The standard InChI is InChI=1S/C18H20N2O/c1-2-21-15-6-5-11-20(13-15)18-10-9-14(12-19)16-7-3-4-8-17(16)18/h3-4,7-10,15H,2,5-6,11,13H2,1H3. The Hall–Kier alpha value is -2.05.